The molecule has 0 amide bonds. The summed E-state index contributed by atoms with van der Waals surface area (Å²) in [6, 6.07) is 3.37. The lowest BCUT2D eigenvalue weighted by Crippen LogP contribution is -2.18. The Morgan fingerprint density at radius 3 is 2.62 bits per heavy atom. The Hall–Kier alpha value is -0.620. The summed E-state index contributed by atoms with van der Waals surface area (Å²) >= 11 is 3.24. The van der Waals surface area contributed by atoms with E-state index >= 15 is 0 Å². The van der Waals surface area contributed by atoms with Gasteiger partial charge in [-0.3, -0.25) is 4.72 Å². The van der Waals surface area contributed by atoms with Gasteiger partial charge in [0.15, 0.2) is 0 Å². The van der Waals surface area contributed by atoms with Gasteiger partial charge < -0.3 is 0 Å². The summed E-state index contributed by atoms with van der Waals surface area (Å²) in [4.78, 5) is 3.95. The lowest BCUT2D eigenvalue weighted by Gasteiger charge is -2.08. The molecule has 0 saturated carbocycles. The minimum Gasteiger partial charge on any atom is -0.267 e. The summed E-state index contributed by atoms with van der Waals surface area (Å²) in [6.07, 6.45) is 2.20. The van der Waals surface area contributed by atoms with Gasteiger partial charge in [-0.1, -0.05) is 13.8 Å². The Morgan fingerprint density at radius 2 is 2.12 bits per heavy atom. The second-order valence-corrected chi connectivity index (χ2v) is 6.72. The van der Waals surface area contributed by atoms with E-state index in [1.165, 1.54) is 0 Å². The Morgan fingerprint density at radius 1 is 1.44 bits per heavy atom. The van der Waals surface area contributed by atoms with Gasteiger partial charge in [0.2, 0.25) is 10.0 Å². The molecular formula is C10H15BrN2O2S. The molecule has 0 aromatic carbocycles. The maximum absolute atomic E-state index is 11.6. The van der Waals surface area contributed by atoms with Crippen molar-refractivity contribution in [3.8, 4) is 0 Å². The van der Waals surface area contributed by atoms with E-state index in [-0.39, 0.29) is 5.75 Å². The predicted octanol–water partition coefficient (Wildman–Crippen LogP) is 2.63. The van der Waals surface area contributed by atoms with Gasteiger partial charge in [0.1, 0.15) is 5.82 Å². The molecule has 1 rings (SSSR count). The normalized spacial score (nSPS) is 11.8. The van der Waals surface area contributed by atoms with Crippen LogP contribution in [-0.2, 0) is 10.0 Å². The zero-order chi connectivity index (χ0) is 12.2. The zero-order valence-corrected chi connectivity index (χ0v) is 11.7. The number of pyridine rings is 1. The number of sulfonamides is 1. The largest absolute Gasteiger partial charge is 0.267 e. The van der Waals surface area contributed by atoms with E-state index < -0.39 is 10.0 Å². The quantitative estimate of drug-likeness (QED) is 0.909. The number of anilines is 1. The van der Waals surface area contributed by atoms with Crippen LogP contribution in [0, 0.1) is 5.92 Å². The molecule has 16 heavy (non-hydrogen) atoms. The molecule has 0 aliphatic heterocycles. The standard InChI is InChI=1S/C10H15BrN2O2S/c1-8(2)5-6-16(14,15)13-10-4-3-9(11)7-12-10/h3-4,7-8H,5-6H2,1-2H3,(H,12,13). The highest BCUT2D eigenvalue weighted by Gasteiger charge is 2.11. The summed E-state index contributed by atoms with van der Waals surface area (Å²) in [6.45, 7) is 3.99. The van der Waals surface area contributed by atoms with Gasteiger partial charge in [0.25, 0.3) is 0 Å². The van der Waals surface area contributed by atoms with E-state index in [0.717, 1.165) is 4.47 Å². The molecule has 0 aliphatic rings. The van der Waals surface area contributed by atoms with Crippen LogP contribution >= 0.6 is 15.9 Å². The first-order valence-electron chi connectivity index (χ1n) is 5.01. The molecule has 1 N–H and O–H groups in total. The SMILES string of the molecule is CC(C)CCS(=O)(=O)Nc1ccc(Br)cn1. The number of hydrogen-bond acceptors (Lipinski definition) is 3. The number of nitrogens with one attached hydrogen (secondary N) is 1. The summed E-state index contributed by atoms with van der Waals surface area (Å²) in [7, 11) is -3.27. The third-order valence-electron chi connectivity index (χ3n) is 1.95. The Kier molecular flexibility index (Phi) is 4.73. The molecule has 0 radical (unpaired) electrons. The Balaban J connectivity index is 2.62. The van der Waals surface area contributed by atoms with Crippen molar-refractivity contribution >= 4 is 31.8 Å². The van der Waals surface area contributed by atoms with Gasteiger partial charge in [-0.25, -0.2) is 13.4 Å². The molecule has 6 heteroatoms. The fourth-order valence-corrected chi connectivity index (χ4v) is 2.60. The summed E-state index contributed by atoms with van der Waals surface area (Å²) in [5.74, 6) is 0.851. The van der Waals surface area contributed by atoms with Crippen molar-refractivity contribution in [3.05, 3.63) is 22.8 Å². The smallest absolute Gasteiger partial charge is 0.233 e. The van der Waals surface area contributed by atoms with Crippen molar-refractivity contribution in [1.82, 2.24) is 4.98 Å². The van der Waals surface area contributed by atoms with Crippen LogP contribution < -0.4 is 4.72 Å². The second kappa shape index (κ2) is 5.63. The van der Waals surface area contributed by atoms with E-state index in [1.807, 2.05) is 13.8 Å². The predicted molar refractivity (Wildman–Crippen MR) is 68.8 cm³/mol. The molecule has 1 aromatic rings. The highest BCUT2D eigenvalue weighted by molar-refractivity contribution is 9.10. The lowest BCUT2D eigenvalue weighted by atomic mass is 10.2. The molecule has 1 heterocycles. The maximum atomic E-state index is 11.6. The first-order valence-corrected chi connectivity index (χ1v) is 7.45. The number of nitrogens with zero attached hydrogens (tertiary/aromatic N) is 1. The van der Waals surface area contributed by atoms with Crippen LogP contribution in [0.5, 0.6) is 0 Å². The molecule has 0 spiro atoms. The molecule has 4 nitrogen and oxygen atoms in total. The molecule has 90 valence electrons. The van der Waals surface area contributed by atoms with Gasteiger partial charge in [-0.05, 0) is 40.4 Å². The van der Waals surface area contributed by atoms with E-state index in [0.29, 0.717) is 18.2 Å². The van der Waals surface area contributed by atoms with Crippen molar-refractivity contribution in [2.45, 2.75) is 20.3 Å². The topological polar surface area (TPSA) is 59.1 Å². The minimum atomic E-state index is -3.27. The van der Waals surface area contributed by atoms with Gasteiger partial charge in [0, 0.05) is 10.7 Å². The minimum absolute atomic E-state index is 0.127. The number of halogens is 1. The highest BCUT2D eigenvalue weighted by atomic mass is 79.9. The third-order valence-corrected chi connectivity index (χ3v) is 3.71. The molecule has 0 fully saturated rings. The van der Waals surface area contributed by atoms with Crippen LogP contribution in [0.2, 0.25) is 0 Å². The van der Waals surface area contributed by atoms with Gasteiger partial charge >= 0.3 is 0 Å². The summed E-state index contributed by atoms with van der Waals surface area (Å²) in [5, 5.41) is 0. The van der Waals surface area contributed by atoms with E-state index in [9.17, 15) is 8.42 Å². The van der Waals surface area contributed by atoms with Gasteiger partial charge in [-0.2, -0.15) is 0 Å². The molecule has 0 bridgehead atoms. The van der Waals surface area contributed by atoms with Crippen molar-refractivity contribution in [1.29, 1.82) is 0 Å². The molecule has 0 aliphatic carbocycles. The fourth-order valence-electron chi connectivity index (χ4n) is 1.04. The van der Waals surface area contributed by atoms with Crippen LogP contribution in [0.4, 0.5) is 5.82 Å². The molecule has 1 aromatic heterocycles. The van der Waals surface area contributed by atoms with Crippen LogP contribution in [0.15, 0.2) is 22.8 Å². The number of rotatable bonds is 5. The van der Waals surface area contributed by atoms with Crippen molar-refractivity contribution in [2.75, 3.05) is 10.5 Å². The Labute approximate surface area is 105 Å². The first kappa shape index (κ1) is 13.4. The summed E-state index contributed by atoms with van der Waals surface area (Å²) < 4.78 is 26.5. The lowest BCUT2D eigenvalue weighted by molar-refractivity contribution is 0.578. The fraction of sp³-hybridized carbons (Fsp3) is 0.500. The van der Waals surface area contributed by atoms with E-state index in [2.05, 4.69) is 25.6 Å². The average Bonchev–Trinajstić information content (AvgIpc) is 2.19. The van der Waals surface area contributed by atoms with Crippen LogP contribution in [-0.4, -0.2) is 19.2 Å². The van der Waals surface area contributed by atoms with Gasteiger partial charge in [0.05, 0.1) is 5.75 Å². The van der Waals surface area contributed by atoms with Crippen LogP contribution in [0.25, 0.3) is 0 Å². The number of hydrogen-bond donors (Lipinski definition) is 1. The van der Waals surface area contributed by atoms with Crippen molar-refractivity contribution in [2.24, 2.45) is 5.92 Å². The van der Waals surface area contributed by atoms with E-state index in [4.69, 9.17) is 0 Å². The highest BCUT2D eigenvalue weighted by Crippen LogP contribution is 2.12. The molecule has 0 unspecified atom stereocenters. The Bertz CT molecular complexity index is 429. The molecular weight excluding hydrogens is 292 g/mol. The first-order chi connectivity index (χ1) is 7.39. The average molecular weight is 307 g/mol. The van der Waals surface area contributed by atoms with Gasteiger partial charge in [-0.15, -0.1) is 0 Å². The van der Waals surface area contributed by atoms with E-state index in [1.54, 1.807) is 18.3 Å². The van der Waals surface area contributed by atoms with Crippen molar-refractivity contribution < 1.29 is 8.42 Å². The monoisotopic (exact) mass is 306 g/mol. The molecule has 0 atom stereocenters. The molecule has 0 saturated heterocycles. The zero-order valence-electron chi connectivity index (χ0n) is 9.27. The maximum Gasteiger partial charge on any atom is 0.233 e. The summed E-state index contributed by atoms with van der Waals surface area (Å²) in [5.41, 5.74) is 0. The van der Waals surface area contributed by atoms with Crippen molar-refractivity contribution in [3.63, 3.8) is 0 Å². The second-order valence-electron chi connectivity index (χ2n) is 3.97. The van der Waals surface area contributed by atoms with Crippen LogP contribution in [0.3, 0.4) is 0 Å². The third kappa shape index (κ3) is 4.94. The van der Waals surface area contributed by atoms with Crippen LogP contribution in [0.1, 0.15) is 20.3 Å². The number of aromatic nitrogens is 1.